The topological polar surface area (TPSA) is 71.7 Å². The van der Waals surface area contributed by atoms with Crippen molar-refractivity contribution >= 4 is 22.3 Å². The lowest BCUT2D eigenvalue weighted by Crippen LogP contribution is -2.11. The molecule has 0 fully saturated rings. The van der Waals surface area contributed by atoms with Crippen LogP contribution < -0.4 is 5.56 Å². The SMILES string of the molecule is Cc1cc(=O)n2cc(C(=O)O)sc2n1. The molecule has 0 aliphatic heterocycles. The molecule has 0 atom stereocenters. The van der Waals surface area contributed by atoms with Crippen molar-refractivity contribution in [3.05, 3.63) is 33.2 Å². The lowest BCUT2D eigenvalue weighted by atomic mass is 10.4. The summed E-state index contributed by atoms with van der Waals surface area (Å²) in [6.07, 6.45) is 1.29. The second kappa shape index (κ2) is 2.91. The van der Waals surface area contributed by atoms with E-state index < -0.39 is 5.97 Å². The molecule has 0 unspecified atom stereocenters. The Morgan fingerprint density at radius 1 is 1.64 bits per heavy atom. The first-order valence-corrected chi connectivity index (χ1v) is 4.63. The van der Waals surface area contributed by atoms with Gasteiger partial charge in [-0.25, -0.2) is 9.78 Å². The van der Waals surface area contributed by atoms with Crippen LogP contribution in [-0.2, 0) is 0 Å². The minimum Gasteiger partial charge on any atom is -0.477 e. The maximum Gasteiger partial charge on any atom is 0.347 e. The summed E-state index contributed by atoms with van der Waals surface area (Å²) in [5.74, 6) is -1.04. The van der Waals surface area contributed by atoms with E-state index >= 15 is 0 Å². The molecule has 2 aromatic rings. The van der Waals surface area contributed by atoms with Gasteiger partial charge < -0.3 is 5.11 Å². The van der Waals surface area contributed by atoms with E-state index in [-0.39, 0.29) is 10.4 Å². The molecule has 14 heavy (non-hydrogen) atoms. The Morgan fingerprint density at radius 2 is 2.36 bits per heavy atom. The molecule has 0 radical (unpaired) electrons. The third-order valence-corrected chi connectivity index (χ3v) is 2.68. The summed E-state index contributed by atoms with van der Waals surface area (Å²) >= 11 is 0.986. The van der Waals surface area contributed by atoms with Crippen molar-refractivity contribution in [2.75, 3.05) is 0 Å². The summed E-state index contributed by atoms with van der Waals surface area (Å²) in [4.78, 5) is 26.6. The van der Waals surface area contributed by atoms with E-state index in [1.807, 2.05) is 0 Å². The summed E-state index contributed by atoms with van der Waals surface area (Å²) in [5, 5.41) is 8.71. The minimum absolute atomic E-state index is 0.111. The van der Waals surface area contributed by atoms with Gasteiger partial charge in [-0.1, -0.05) is 11.3 Å². The molecule has 0 aliphatic rings. The zero-order valence-corrected chi connectivity index (χ0v) is 8.04. The predicted octanol–water partition coefficient (Wildman–Crippen LogP) is 0.763. The molecule has 72 valence electrons. The van der Waals surface area contributed by atoms with Gasteiger partial charge in [0.05, 0.1) is 0 Å². The van der Waals surface area contributed by atoms with Gasteiger partial charge in [0.1, 0.15) is 4.88 Å². The molecule has 0 aromatic carbocycles. The Bertz CT molecular complexity index is 569. The summed E-state index contributed by atoms with van der Waals surface area (Å²) in [6.45, 7) is 1.70. The number of carbonyl (C=O) groups is 1. The summed E-state index contributed by atoms with van der Waals surface area (Å²) in [6, 6.07) is 1.37. The van der Waals surface area contributed by atoms with Crippen LogP contribution in [0.25, 0.3) is 4.96 Å². The van der Waals surface area contributed by atoms with Gasteiger partial charge in [0.25, 0.3) is 5.56 Å². The van der Waals surface area contributed by atoms with E-state index in [1.54, 1.807) is 6.92 Å². The minimum atomic E-state index is -1.04. The van der Waals surface area contributed by atoms with Crippen LogP contribution in [0.4, 0.5) is 0 Å². The number of aromatic nitrogens is 2. The zero-order valence-electron chi connectivity index (χ0n) is 7.22. The first-order valence-electron chi connectivity index (χ1n) is 3.81. The molecule has 0 spiro atoms. The fraction of sp³-hybridized carbons (Fsp3) is 0.125. The highest BCUT2D eigenvalue weighted by Gasteiger charge is 2.10. The maximum absolute atomic E-state index is 11.4. The van der Waals surface area contributed by atoms with E-state index in [2.05, 4.69) is 4.98 Å². The lowest BCUT2D eigenvalue weighted by molar-refractivity contribution is 0.0702. The highest BCUT2D eigenvalue weighted by Crippen LogP contribution is 2.14. The Morgan fingerprint density at radius 3 is 3.00 bits per heavy atom. The summed E-state index contributed by atoms with van der Waals surface area (Å²) in [7, 11) is 0. The number of aromatic carboxylic acids is 1. The molecule has 0 saturated heterocycles. The normalized spacial score (nSPS) is 10.6. The molecule has 5 nitrogen and oxygen atoms in total. The van der Waals surface area contributed by atoms with E-state index in [4.69, 9.17) is 5.11 Å². The Kier molecular flexibility index (Phi) is 1.85. The van der Waals surface area contributed by atoms with Gasteiger partial charge in [0.2, 0.25) is 0 Å². The fourth-order valence-electron chi connectivity index (χ4n) is 1.11. The number of rotatable bonds is 1. The van der Waals surface area contributed by atoms with Crippen LogP contribution >= 0.6 is 11.3 Å². The van der Waals surface area contributed by atoms with Crippen molar-refractivity contribution in [1.82, 2.24) is 9.38 Å². The van der Waals surface area contributed by atoms with Gasteiger partial charge in [-0.2, -0.15) is 0 Å². The molecule has 0 aliphatic carbocycles. The molecular formula is C8H6N2O3S. The van der Waals surface area contributed by atoms with Gasteiger partial charge >= 0.3 is 5.97 Å². The third kappa shape index (κ3) is 1.29. The molecule has 2 aromatic heterocycles. The van der Waals surface area contributed by atoms with Gasteiger partial charge in [-0.15, -0.1) is 0 Å². The average Bonchev–Trinajstić information content (AvgIpc) is 2.47. The Hall–Kier alpha value is -1.69. The summed E-state index contributed by atoms with van der Waals surface area (Å²) < 4.78 is 1.24. The van der Waals surface area contributed by atoms with E-state index in [0.29, 0.717) is 10.7 Å². The first-order chi connectivity index (χ1) is 6.58. The fourth-order valence-corrected chi connectivity index (χ4v) is 1.98. The molecule has 1 N–H and O–H groups in total. The maximum atomic E-state index is 11.4. The second-order valence-electron chi connectivity index (χ2n) is 2.79. The monoisotopic (exact) mass is 210 g/mol. The first kappa shape index (κ1) is 8.89. The number of hydrogen-bond donors (Lipinski definition) is 1. The number of fused-ring (bicyclic) bond motifs is 1. The van der Waals surface area contributed by atoms with Crippen LogP contribution in [0.5, 0.6) is 0 Å². The van der Waals surface area contributed by atoms with Crippen LogP contribution in [0.1, 0.15) is 15.4 Å². The predicted molar refractivity (Wildman–Crippen MR) is 51.0 cm³/mol. The molecule has 0 amide bonds. The molecule has 6 heteroatoms. The van der Waals surface area contributed by atoms with Crippen LogP contribution in [0.2, 0.25) is 0 Å². The Labute approximate surface area is 82.3 Å². The number of carboxylic acids is 1. The number of aryl methyl sites for hydroxylation is 1. The van der Waals surface area contributed by atoms with E-state index in [1.165, 1.54) is 16.7 Å². The van der Waals surface area contributed by atoms with Crippen LogP contribution in [-0.4, -0.2) is 20.5 Å². The highest BCUT2D eigenvalue weighted by atomic mass is 32.1. The van der Waals surface area contributed by atoms with Crippen molar-refractivity contribution in [2.24, 2.45) is 0 Å². The van der Waals surface area contributed by atoms with Crippen molar-refractivity contribution in [3.8, 4) is 0 Å². The van der Waals surface area contributed by atoms with E-state index in [0.717, 1.165) is 11.3 Å². The number of hydrogen-bond acceptors (Lipinski definition) is 4. The van der Waals surface area contributed by atoms with Crippen LogP contribution in [0.3, 0.4) is 0 Å². The zero-order chi connectivity index (χ0) is 10.3. The van der Waals surface area contributed by atoms with Crippen molar-refractivity contribution in [3.63, 3.8) is 0 Å². The van der Waals surface area contributed by atoms with Crippen molar-refractivity contribution < 1.29 is 9.90 Å². The van der Waals surface area contributed by atoms with Gasteiger partial charge in [0.15, 0.2) is 4.96 Å². The third-order valence-electron chi connectivity index (χ3n) is 1.71. The average molecular weight is 210 g/mol. The molecule has 2 heterocycles. The second-order valence-corrected chi connectivity index (χ2v) is 3.80. The van der Waals surface area contributed by atoms with Crippen LogP contribution in [0, 0.1) is 6.92 Å². The number of thiazole rings is 1. The van der Waals surface area contributed by atoms with Crippen molar-refractivity contribution in [2.45, 2.75) is 6.92 Å². The smallest absolute Gasteiger partial charge is 0.347 e. The molecule has 0 saturated carbocycles. The Balaban J connectivity index is 2.83. The van der Waals surface area contributed by atoms with Crippen LogP contribution in [0.15, 0.2) is 17.1 Å². The van der Waals surface area contributed by atoms with Gasteiger partial charge in [0, 0.05) is 18.0 Å². The highest BCUT2D eigenvalue weighted by molar-refractivity contribution is 7.18. The number of nitrogens with zero attached hydrogens (tertiary/aromatic N) is 2. The van der Waals surface area contributed by atoms with Gasteiger partial charge in [-0.3, -0.25) is 9.20 Å². The van der Waals surface area contributed by atoms with Crippen molar-refractivity contribution in [1.29, 1.82) is 0 Å². The van der Waals surface area contributed by atoms with Gasteiger partial charge in [-0.05, 0) is 6.92 Å². The number of carboxylic acid groups (broad SMARTS) is 1. The molecule has 0 bridgehead atoms. The molecule has 2 rings (SSSR count). The quantitative estimate of drug-likeness (QED) is 0.754. The lowest BCUT2D eigenvalue weighted by Gasteiger charge is -1.91. The largest absolute Gasteiger partial charge is 0.477 e. The summed E-state index contributed by atoms with van der Waals surface area (Å²) in [5.41, 5.74) is 0.338. The molecular weight excluding hydrogens is 204 g/mol. The standard InChI is InChI=1S/C8H6N2O3S/c1-4-2-6(11)10-3-5(7(12)13)14-8(10)9-4/h2-3H,1H3,(H,12,13). The van der Waals surface area contributed by atoms with E-state index in [9.17, 15) is 9.59 Å².